The molecule has 210 valence electrons. The number of likely N-dealkylation sites (tertiary alicyclic amines) is 1. The summed E-state index contributed by atoms with van der Waals surface area (Å²) < 4.78 is 18.4. The largest absolute Gasteiger partial charge is 0.445 e. The predicted molar refractivity (Wildman–Crippen MR) is 140 cm³/mol. The lowest BCUT2D eigenvalue weighted by Gasteiger charge is -2.31. The number of hydrogen-bond acceptors (Lipinski definition) is 6. The van der Waals surface area contributed by atoms with Crippen LogP contribution in [-0.2, 0) is 25.7 Å². The van der Waals surface area contributed by atoms with E-state index in [2.05, 4.69) is 16.0 Å². The van der Waals surface area contributed by atoms with Gasteiger partial charge in [-0.05, 0) is 37.7 Å². The van der Waals surface area contributed by atoms with Crippen molar-refractivity contribution in [3.8, 4) is 0 Å². The van der Waals surface area contributed by atoms with Crippen molar-refractivity contribution in [3.05, 3.63) is 34.9 Å². The van der Waals surface area contributed by atoms with Crippen molar-refractivity contribution in [2.75, 3.05) is 19.8 Å². The summed E-state index contributed by atoms with van der Waals surface area (Å²) in [5.74, 6) is -2.34. The number of carbonyl (C=O) groups excluding carboxylic acids is 4. The Hall–Kier alpha value is -3.41. The Kier molecular flexibility index (Phi) is 12.3. The maximum absolute atomic E-state index is 13.4. The lowest BCUT2D eigenvalue weighted by atomic mass is 10.0. The first kappa shape index (κ1) is 30.8. The van der Waals surface area contributed by atoms with Crippen molar-refractivity contribution >= 4 is 41.3 Å². The molecule has 3 amide bonds. The summed E-state index contributed by atoms with van der Waals surface area (Å²) >= 11 is 6.09. The molecule has 1 aliphatic heterocycles. The Morgan fingerprint density at radius 2 is 1.95 bits per heavy atom. The van der Waals surface area contributed by atoms with E-state index in [-0.39, 0.29) is 31.4 Å². The van der Waals surface area contributed by atoms with Crippen molar-refractivity contribution in [1.82, 2.24) is 20.9 Å². The molecule has 1 aliphatic rings. The molecule has 1 fully saturated rings. The Bertz CT molecular complexity index is 1010. The molecule has 2 rings (SSSR count). The monoisotopic (exact) mass is 554 g/mol. The van der Waals surface area contributed by atoms with Gasteiger partial charge in [0.15, 0.2) is 11.7 Å². The molecule has 38 heavy (non-hydrogen) atoms. The molecule has 0 bridgehead atoms. The second kappa shape index (κ2) is 15.1. The van der Waals surface area contributed by atoms with Crippen LogP contribution in [0.2, 0.25) is 5.02 Å². The van der Waals surface area contributed by atoms with Gasteiger partial charge < -0.3 is 31.3 Å². The summed E-state index contributed by atoms with van der Waals surface area (Å²) in [6.45, 7) is 2.77. The van der Waals surface area contributed by atoms with Crippen LogP contribution in [0.15, 0.2) is 24.3 Å². The summed E-state index contributed by atoms with van der Waals surface area (Å²) in [7, 11) is 0. The van der Waals surface area contributed by atoms with Gasteiger partial charge in [-0.3, -0.25) is 19.8 Å². The lowest BCUT2D eigenvalue weighted by molar-refractivity contribution is -0.141. The predicted octanol–water partition coefficient (Wildman–Crippen LogP) is 1.87. The molecule has 0 aromatic heterocycles. The highest BCUT2D eigenvalue weighted by atomic mass is 35.5. The molecule has 0 spiro atoms. The minimum atomic E-state index is -1.24. The standard InChI is InChI=1S/C25H36ClFN6O5/c1-15(2)21(32-25(37)38-14-16-7-3-4-8-17(16)26)23(36)33-12-6-10-19(33)22(35)31-18(20(34)13-27)9-5-11-30-24(28)29/h3-4,7-8,15,18-19,21H,5-6,9-14H2,1-2H3,(H,31,35)(H,32,37)(H4,28,29,30)/t18?,19-,21?/m0/s1. The smallest absolute Gasteiger partial charge is 0.408 e. The highest BCUT2D eigenvalue weighted by Gasteiger charge is 2.39. The Morgan fingerprint density at radius 3 is 2.58 bits per heavy atom. The van der Waals surface area contributed by atoms with Crippen LogP contribution in [0.1, 0.15) is 45.1 Å². The van der Waals surface area contributed by atoms with Gasteiger partial charge in [0.2, 0.25) is 11.8 Å². The summed E-state index contributed by atoms with van der Waals surface area (Å²) in [6.07, 6.45) is 0.615. The molecule has 3 atom stereocenters. The van der Waals surface area contributed by atoms with E-state index in [1.165, 1.54) is 4.90 Å². The number of rotatable bonds is 13. The average molecular weight is 555 g/mol. The minimum Gasteiger partial charge on any atom is -0.445 e. The van der Waals surface area contributed by atoms with Crippen LogP contribution in [0.4, 0.5) is 9.18 Å². The third-order valence-corrected chi connectivity index (χ3v) is 6.55. The van der Waals surface area contributed by atoms with E-state index in [1.807, 2.05) is 0 Å². The topological polar surface area (TPSA) is 167 Å². The zero-order valence-electron chi connectivity index (χ0n) is 21.6. The second-order valence-electron chi connectivity index (χ2n) is 9.37. The second-order valence-corrected chi connectivity index (χ2v) is 9.77. The van der Waals surface area contributed by atoms with Crippen LogP contribution in [0.25, 0.3) is 0 Å². The fraction of sp³-hybridized carbons (Fsp3) is 0.560. The fourth-order valence-corrected chi connectivity index (χ4v) is 4.32. The van der Waals surface area contributed by atoms with Gasteiger partial charge in [0, 0.05) is 23.7 Å². The molecule has 1 saturated heterocycles. The number of ether oxygens (including phenoxy) is 1. The SMILES string of the molecule is CC(C)C(NC(=O)OCc1ccccc1Cl)C(=O)N1CCC[C@H]1C(=O)NC(CCCNC(=N)N)C(=O)CF. The summed E-state index contributed by atoms with van der Waals surface area (Å²) in [4.78, 5) is 52.4. The van der Waals surface area contributed by atoms with Gasteiger partial charge >= 0.3 is 6.09 Å². The van der Waals surface area contributed by atoms with Crippen LogP contribution >= 0.6 is 11.6 Å². The van der Waals surface area contributed by atoms with Crippen molar-refractivity contribution in [2.45, 2.75) is 64.3 Å². The van der Waals surface area contributed by atoms with E-state index in [1.54, 1.807) is 38.1 Å². The Morgan fingerprint density at radius 1 is 1.24 bits per heavy atom. The zero-order chi connectivity index (χ0) is 28.2. The third kappa shape index (κ3) is 9.16. The van der Waals surface area contributed by atoms with Crippen LogP contribution in [0.5, 0.6) is 0 Å². The first-order chi connectivity index (χ1) is 18.0. The number of halogens is 2. The van der Waals surface area contributed by atoms with Crippen molar-refractivity contribution in [3.63, 3.8) is 0 Å². The molecular formula is C25H36ClFN6O5. The number of alkyl carbamates (subject to hydrolysis) is 1. The number of nitrogens with zero attached hydrogens (tertiary/aromatic N) is 1. The lowest BCUT2D eigenvalue weighted by Crippen LogP contribution is -2.56. The number of carbonyl (C=O) groups is 4. The Balaban J connectivity index is 2.01. The van der Waals surface area contributed by atoms with Gasteiger partial charge in [0.05, 0.1) is 6.04 Å². The molecule has 1 heterocycles. The normalized spacial score (nSPS) is 16.4. The van der Waals surface area contributed by atoms with E-state index < -0.39 is 48.5 Å². The first-order valence-electron chi connectivity index (χ1n) is 12.5. The number of alkyl halides is 1. The highest BCUT2D eigenvalue weighted by molar-refractivity contribution is 6.31. The highest BCUT2D eigenvalue weighted by Crippen LogP contribution is 2.21. The van der Waals surface area contributed by atoms with Crippen molar-refractivity contribution < 1.29 is 28.3 Å². The number of hydrogen-bond donors (Lipinski definition) is 5. The van der Waals surface area contributed by atoms with E-state index in [9.17, 15) is 23.6 Å². The quantitative estimate of drug-likeness (QED) is 0.141. The maximum atomic E-state index is 13.4. The maximum Gasteiger partial charge on any atom is 0.408 e. The molecule has 11 nitrogen and oxygen atoms in total. The van der Waals surface area contributed by atoms with Crippen LogP contribution < -0.4 is 21.7 Å². The molecular weight excluding hydrogens is 519 g/mol. The van der Waals surface area contributed by atoms with E-state index in [0.717, 1.165) is 0 Å². The summed E-state index contributed by atoms with van der Waals surface area (Å²) in [5.41, 5.74) is 5.84. The molecule has 2 unspecified atom stereocenters. The first-order valence-corrected chi connectivity index (χ1v) is 12.9. The van der Waals surface area contributed by atoms with Crippen LogP contribution in [0, 0.1) is 11.3 Å². The summed E-state index contributed by atoms with van der Waals surface area (Å²) in [6, 6.07) is 4.01. The van der Waals surface area contributed by atoms with Gasteiger partial charge in [0.1, 0.15) is 25.4 Å². The van der Waals surface area contributed by atoms with E-state index in [4.69, 9.17) is 27.5 Å². The molecule has 1 aromatic rings. The number of amides is 3. The molecule has 13 heteroatoms. The third-order valence-electron chi connectivity index (χ3n) is 6.18. The number of ketones is 1. The van der Waals surface area contributed by atoms with Crippen LogP contribution in [-0.4, -0.2) is 72.4 Å². The van der Waals surface area contributed by atoms with Gasteiger partial charge in [0.25, 0.3) is 0 Å². The summed E-state index contributed by atoms with van der Waals surface area (Å²) in [5, 5.41) is 15.4. The van der Waals surface area contributed by atoms with Crippen LogP contribution in [0.3, 0.4) is 0 Å². The molecule has 0 radical (unpaired) electrons. The number of benzene rings is 1. The minimum absolute atomic E-state index is 0.0782. The van der Waals surface area contributed by atoms with Crippen molar-refractivity contribution in [1.29, 1.82) is 5.41 Å². The molecule has 1 aromatic carbocycles. The van der Waals surface area contributed by atoms with Gasteiger partial charge in [-0.1, -0.05) is 43.6 Å². The van der Waals surface area contributed by atoms with Crippen molar-refractivity contribution in [2.24, 2.45) is 11.7 Å². The van der Waals surface area contributed by atoms with E-state index >= 15 is 0 Å². The molecule has 0 saturated carbocycles. The molecule has 0 aliphatic carbocycles. The average Bonchev–Trinajstić information content (AvgIpc) is 3.37. The number of guanidine groups is 1. The zero-order valence-corrected chi connectivity index (χ0v) is 22.4. The van der Waals surface area contributed by atoms with Gasteiger partial charge in [-0.2, -0.15) is 0 Å². The Labute approximate surface area is 226 Å². The van der Waals surface area contributed by atoms with Gasteiger partial charge in [-0.25, -0.2) is 9.18 Å². The fourth-order valence-electron chi connectivity index (χ4n) is 4.13. The van der Waals surface area contributed by atoms with E-state index in [0.29, 0.717) is 36.4 Å². The molecule has 6 N–H and O–H groups in total. The van der Waals surface area contributed by atoms with Gasteiger partial charge in [-0.15, -0.1) is 0 Å². The number of Topliss-reactive ketones (excluding diaryl/α,β-unsaturated/α-hetero) is 1. The number of nitrogens with one attached hydrogen (secondary N) is 4. The number of nitrogens with two attached hydrogens (primary N) is 1.